The average Bonchev–Trinajstić information content (AvgIpc) is 3.37. The number of benzene rings is 5. The van der Waals surface area contributed by atoms with Crippen LogP contribution in [-0.2, 0) is 33.6 Å². The van der Waals surface area contributed by atoms with Crippen LogP contribution in [0.25, 0.3) is 0 Å². The first-order chi connectivity index (χ1) is 35.8. The van der Waals surface area contributed by atoms with Gasteiger partial charge in [-0.1, -0.05) is 80.4 Å². The largest absolute Gasteiger partial charge is 0.487 e. The molecule has 0 radical (unpaired) electrons. The predicted molar refractivity (Wildman–Crippen MR) is 280 cm³/mol. The number of nitrogens with two attached hydrogens (primary N) is 1. The van der Waals surface area contributed by atoms with Gasteiger partial charge in [-0.25, -0.2) is 4.79 Å². The molecule has 0 saturated carbocycles. The number of ketones is 3. The van der Waals surface area contributed by atoms with E-state index in [0.717, 1.165) is 6.07 Å². The summed E-state index contributed by atoms with van der Waals surface area (Å²) < 4.78 is 28.7. The molecule has 5 aromatic rings. The molecule has 0 spiro atoms. The van der Waals surface area contributed by atoms with Gasteiger partial charge in [0.25, 0.3) is 11.8 Å². The van der Waals surface area contributed by atoms with Crippen molar-refractivity contribution < 1.29 is 62.2 Å². The number of nitrogens with one attached hydrogen (secondary N) is 2. The number of rotatable bonds is 29. The van der Waals surface area contributed by atoms with Gasteiger partial charge in [0.15, 0.2) is 34.6 Å². The van der Waals surface area contributed by atoms with Gasteiger partial charge in [0.1, 0.15) is 19.8 Å². The van der Waals surface area contributed by atoms with Crippen LogP contribution in [0.5, 0.6) is 23.0 Å². The van der Waals surface area contributed by atoms with Crippen molar-refractivity contribution in [3.8, 4) is 23.0 Å². The Balaban J connectivity index is 1.26. The Morgan fingerprint density at radius 1 is 0.600 bits per heavy atom. The topological polar surface area (TPSA) is 259 Å². The van der Waals surface area contributed by atoms with Crippen LogP contribution in [0, 0.1) is 10.1 Å². The Hall–Kier alpha value is -9.19. The van der Waals surface area contributed by atoms with Gasteiger partial charge in [-0.3, -0.25) is 38.9 Å². The average molecular weight is 1020 g/mol. The number of carbonyl (C=O) groups excluding carboxylic acids is 7. The zero-order valence-corrected chi connectivity index (χ0v) is 42.0. The third-order valence-corrected chi connectivity index (χ3v) is 10.8. The SMILES string of the molecule is C=CCOC(=O)c1ccc(CC(=O)c2ccc(CC(=O)c3ccc(CC(=O)[C@H](CC(N)=O)NC(=O)c4ccc(NC(=O)c5ccc([N+](=O)[O-])c(OC(C)C)c5OCC=C)cc4)cc3)c(OC(C)C)c2OCC=C)cc1. The maximum absolute atomic E-state index is 13.8. The number of Topliss-reactive ketones (excluding diaryl/α,β-unsaturated/α-hetero) is 3. The smallest absolute Gasteiger partial charge is 0.338 e. The van der Waals surface area contributed by atoms with Crippen molar-refractivity contribution in [2.24, 2.45) is 5.73 Å². The van der Waals surface area contributed by atoms with Crippen LogP contribution in [0.2, 0.25) is 0 Å². The summed E-state index contributed by atoms with van der Waals surface area (Å²) in [6.45, 7) is 17.8. The molecule has 0 heterocycles. The van der Waals surface area contributed by atoms with Crippen molar-refractivity contribution in [3.63, 3.8) is 0 Å². The third-order valence-electron chi connectivity index (χ3n) is 10.8. The fourth-order valence-corrected chi connectivity index (χ4v) is 7.38. The van der Waals surface area contributed by atoms with Crippen LogP contribution in [-0.4, -0.2) is 84.0 Å². The van der Waals surface area contributed by atoms with Gasteiger partial charge in [-0.05, 0) is 87.4 Å². The predicted octanol–water partition coefficient (Wildman–Crippen LogP) is 8.53. The Morgan fingerprint density at radius 3 is 1.69 bits per heavy atom. The quantitative estimate of drug-likeness (QED) is 0.0133. The van der Waals surface area contributed by atoms with Crippen molar-refractivity contribution in [2.45, 2.75) is 71.6 Å². The molecular weight excluding hydrogens is 965 g/mol. The fraction of sp³-hybridized carbons (Fsp3) is 0.246. The molecule has 0 bridgehead atoms. The van der Waals surface area contributed by atoms with E-state index in [1.807, 2.05) is 0 Å². The van der Waals surface area contributed by atoms with Gasteiger partial charge in [0.2, 0.25) is 11.7 Å². The van der Waals surface area contributed by atoms with E-state index in [-0.39, 0.29) is 102 Å². The second-order valence-electron chi connectivity index (χ2n) is 17.4. The van der Waals surface area contributed by atoms with Gasteiger partial charge in [0.05, 0.1) is 46.3 Å². The highest BCUT2D eigenvalue weighted by Gasteiger charge is 2.29. The normalized spacial score (nSPS) is 11.1. The van der Waals surface area contributed by atoms with E-state index < -0.39 is 58.7 Å². The van der Waals surface area contributed by atoms with E-state index in [1.54, 1.807) is 88.4 Å². The van der Waals surface area contributed by atoms with Crippen molar-refractivity contribution in [1.29, 1.82) is 0 Å². The lowest BCUT2D eigenvalue weighted by Crippen LogP contribution is -2.44. The fourth-order valence-electron chi connectivity index (χ4n) is 7.38. The third kappa shape index (κ3) is 15.9. The molecule has 5 rings (SSSR count). The van der Waals surface area contributed by atoms with E-state index in [4.69, 9.17) is 29.4 Å². The lowest BCUT2D eigenvalue weighted by Gasteiger charge is -2.20. The van der Waals surface area contributed by atoms with Crippen LogP contribution >= 0.6 is 0 Å². The summed E-state index contributed by atoms with van der Waals surface area (Å²) in [4.78, 5) is 104. The maximum atomic E-state index is 13.8. The number of hydrogen-bond donors (Lipinski definition) is 3. The minimum absolute atomic E-state index is 0.0332. The number of primary amides is 1. The van der Waals surface area contributed by atoms with Crippen LogP contribution < -0.4 is 35.3 Å². The van der Waals surface area contributed by atoms with E-state index in [9.17, 15) is 43.7 Å². The molecule has 0 aliphatic rings. The first-order valence-corrected chi connectivity index (χ1v) is 23.7. The lowest BCUT2D eigenvalue weighted by atomic mass is 9.95. The first-order valence-electron chi connectivity index (χ1n) is 23.7. The van der Waals surface area contributed by atoms with E-state index in [1.165, 1.54) is 48.6 Å². The maximum Gasteiger partial charge on any atom is 0.338 e. The molecule has 0 fully saturated rings. The molecule has 390 valence electrons. The molecule has 18 heteroatoms. The Bertz CT molecular complexity index is 2960. The number of carbonyl (C=O) groups is 7. The van der Waals surface area contributed by atoms with E-state index in [2.05, 4.69) is 30.4 Å². The molecule has 5 aromatic carbocycles. The molecule has 18 nitrogen and oxygen atoms in total. The van der Waals surface area contributed by atoms with Crippen molar-refractivity contribution in [1.82, 2.24) is 5.32 Å². The first kappa shape index (κ1) is 56.7. The minimum atomic E-state index is -1.32. The van der Waals surface area contributed by atoms with Gasteiger partial charge in [-0.15, -0.1) is 0 Å². The standard InChI is InChI=1S/C57H58N4O14/c1-8-27-71-52-43(48(63)30-36-13-17-40(18-14-36)57(68)73-29-10-3)24-21-41(51(52)74-34(4)5)32-47(62)38-15-11-37(12-16-38)31-49(64)45(33-50(58)65)60-55(66)39-19-22-42(23-20-39)59-56(67)44-25-26-46(61(69)70)54(75-35(6)7)53(44)72-28-9-2/h8-26,34-35,45H,1-3,27-33H2,4-7H3,(H2,58,65)(H,59,67)(H,60,66)/t45-/m0/s1. The summed E-state index contributed by atoms with van der Waals surface area (Å²) >= 11 is 0. The summed E-state index contributed by atoms with van der Waals surface area (Å²) in [6.07, 6.45) is 2.59. The highest BCUT2D eigenvalue weighted by molar-refractivity contribution is 6.08. The second-order valence-corrected chi connectivity index (χ2v) is 17.4. The summed E-state index contributed by atoms with van der Waals surface area (Å²) in [7, 11) is 0. The van der Waals surface area contributed by atoms with E-state index >= 15 is 0 Å². The van der Waals surface area contributed by atoms with E-state index in [0.29, 0.717) is 27.8 Å². The van der Waals surface area contributed by atoms with Gasteiger partial charge in [-0.2, -0.15) is 0 Å². The Morgan fingerprint density at radius 2 is 1.13 bits per heavy atom. The number of nitro benzene ring substituents is 1. The van der Waals surface area contributed by atoms with Crippen molar-refractivity contribution >= 4 is 52.4 Å². The lowest BCUT2D eigenvalue weighted by molar-refractivity contribution is -0.386. The highest BCUT2D eigenvalue weighted by atomic mass is 16.6. The van der Waals surface area contributed by atoms with Crippen LogP contribution in [0.1, 0.15) is 103 Å². The Labute approximate surface area is 433 Å². The molecule has 1 atom stereocenters. The molecule has 0 saturated heterocycles. The molecule has 75 heavy (non-hydrogen) atoms. The number of amides is 3. The molecule has 0 aliphatic carbocycles. The molecule has 4 N–H and O–H groups in total. The van der Waals surface area contributed by atoms with Gasteiger partial charge in [0, 0.05) is 47.7 Å². The summed E-state index contributed by atoms with van der Waals surface area (Å²) in [6, 6.07) is 22.5. The number of esters is 1. The van der Waals surface area contributed by atoms with Crippen LogP contribution in [0.3, 0.4) is 0 Å². The molecule has 0 unspecified atom stereocenters. The number of nitrogens with zero attached hydrogens (tertiary/aromatic N) is 1. The zero-order valence-electron chi connectivity index (χ0n) is 42.0. The Kier molecular flexibility index (Phi) is 20.4. The molecule has 0 aliphatic heterocycles. The number of hydrogen-bond acceptors (Lipinski definition) is 14. The molecular formula is C57H58N4O14. The summed E-state index contributed by atoms with van der Waals surface area (Å²) in [5, 5.41) is 17.0. The van der Waals surface area contributed by atoms with Gasteiger partial charge < -0.3 is 40.1 Å². The van der Waals surface area contributed by atoms with Crippen molar-refractivity contribution in [2.75, 3.05) is 25.1 Å². The van der Waals surface area contributed by atoms with Crippen molar-refractivity contribution in [3.05, 3.63) is 190 Å². The second kappa shape index (κ2) is 27.0. The summed E-state index contributed by atoms with van der Waals surface area (Å²) in [5.74, 6) is -3.96. The van der Waals surface area contributed by atoms with Gasteiger partial charge >= 0.3 is 11.7 Å². The number of ether oxygens (including phenoxy) is 5. The summed E-state index contributed by atoms with van der Waals surface area (Å²) in [5.41, 5.74) is 7.73. The number of nitro groups is 1. The number of anilines is 1. The highest BCUT2D eigenvalue weighted by Crippen LogP contribution is 2.41. The zero-order chi connectivity index (χ0) is 54.8. The molecule has 0 aromatic heterocycles. The van der Waals surface area contributed by atoms with Crippen LogP contribution in [0.15, 0.2) is 135 Å². The minimum Gasteiger partial charge on any atom is -0.487 e. The monoisotopic (exact) mass is 1020 g/mol. The van der Waals surface area contributed by atoms with Crippen LogP contribution in [0.4, 0.5) is 11.4 Å². The molecule has 3 amide bonds.